The molecule has 0 aromatic carbocycles. The number of carboxylic acid groups (broad SMARTS) is 1. The highest BCUT2D eigenvalue weighted by Gasteiger charge is 2.12. The summed E-state index contributed by atoms with van der Waals surface area (Å²) in [5.41, 5.74) is 0.825. The quantitative estimate of drug-likeness (QED) is 0.845. The van der Waals surface area contributed by atoms with Crippen molar-refractivity contribution in [2.24, 2.45) is 7.05 Å². The summed E-state index contributed by atoms with van der Waals surface area (Å²) in [6.07, 6.45) is 1.62. The molecule has 0 fully saturated rings. The van der Waals surface area contributed by atoms with Crippen molar-refractivity contribution in [2.45, 2.75) is 10.9 Å². The first kappa shape index (κ1) is 11.2. The molecule has 0 saturated heterocycles. The number of aryl methyl sites for hydroxylation is 1. The number of aromatic nitrogens is 3. The average Bonchev–Trinajstić information content (AvgIpc) is 2.83. The van der Waals surface area contributed by atoms with Crippen LogP contribution in [-0.4, -0.2) is 25.8 Å². The van der Waals surface area contributed by atoms with Gasteiger partial charge in [0.2, 0.25) is 0 Å². The number of thioether (sulfide) groups is 1. The van der Waals surface area contributed by atoms with Crippen LogP contribution in [-0.2, 0) is 12.8 Å². The molecule has 0 aliphatic rings. The van der Waals surface area contributed by atoms with E-state index in [1.807, 2.05) is 13.1 Å². The lowest BCUT2D eigenvalue weighted by Gasteiger charge is -2.00. The molecule has 0 amide bonds. The van der Waals surface area contributed by atoms with Gasteiger partial charge < -0.3 is 9.67 Å². The van der Waals surface area contributed by atoms with Gasteiger partial charge in [-0.15, -0.1) is 21.5 Å². The standard InChI is InChI=1S/C9H9N3O2S2/c1-12-5-10-11-9(12)16-4-6-2-3-15-7(6)8(13)14/h2-3,5H,4H2,1H3,(H,13,14). The molecule has 0 bridgehead atoms. The van der Waals surface area contributed by atoms with Crippen LogP contribution in [0.25, 0.3) is 0 Å². The molecule has 0 radical (unpaired) electrons. The lowest BCUT2D eigenvalue weighted by atomic mass is 10.3. The molecular formula is C9H9N3O2S2. The molecule has 0 aliphatic heterocycles. The summed E-state index contributed by atoms with van der Waals surface area (Å²) in [6, 6.07) is 1.83. The molecule has 84 valence electrons. The van der Waals surface area contributed by atoms with Gasteiger partial charge in [-0.3, -0.25) is 0 Å². The van der Waals surface area contributed by atoms with Crippen molar-refractivity contribution >= 4 is 29.1 Å². The van der Waals surface area contributed by atoms with Crippen molar-refractivity contribution in [2.75, 3.05) is 0 Å². The summed E-state index contributed by atoms with van der Waals surface area (Å²) in [4.78, 5) is 11.3. The van der Waals surface area contributed by atoms with Crippen LogP contribution in [0, 0.1) is 0 Å². The van der Waals surface area contributed by atoms with Crippen molar-refractivity contribution in [3.8, 4) is 0 Å². The summed E-state index contributed by atoms with van der Waals surface area (Å²) >= 11 is 2.72. The molecule has 0 saturated carbocycles. The first-order chi connectivity index (χ1) is 7.68. The Balaban J connectivity index is 2.08. The number of hydrogen-bond donors (Lipinski definition) is 1. The largest absolute Gasteiger partial charge is 0.477 e. The van der Waals surface area contributed by atoms with Crippen LogP contribution in [0.5, 0.6) is 0 Å². The third kappa shape index (κ3) is 2.25. The van der Waals surface area contributed by atoms with Gasteiger partial charge >= 0.3 is 5.97 Å². The van der Waals surface area contributed by atoms with Crippen molar-refractivity contribution in [1.82, 2.24) is 14.8 Å². The summed E-state index contributed by atoms with van der Waals surface area (Å²) in [5.74, 6) is -0.277. The van der Waals surface area contributed by atoms with E-state index in [1.165, 1.54) is 23.1 Å². The maximum absolute atomic E-state index is 10.9. The zero-order chi connectivity index (χ0) is 11.5. The summed E-state index contributed by atoms with van der Waals surface area (Å²) < 4.78 is 1.80. The molecule has 0 aliphatic carbocycles. The molecule has 0 atom stereocenters. The SMILES string of the molecule is Cn1cnnc1SCc1ccsc1C(=O)O. The number of rotatable bonds is 4. The highest BCUT2D eigenvalue weighted by molar-refractivity contribution is 7.98. The molecular weight excluding hydrogens is 246 g/mol. The van der Waals surface area contributed by atoms with Gasteiger partial charge in [0.05, 0.1) is 0 Å². The maximum atomic E-state index is 10.9. The van der Waals surface area contributed by atoms with Crippen LogP contribution in [0.4, 0.5) is 0 Å². The first-order valence-corrected chi connectivity index (χ1v) is 6.31. The minimum absolute atomic E-state index is 0.398. The third-order valence-corrected chi connectivity index (χ3v) is 4.00. The Morgan fingerprint density at radius 2 is 2.50 bits per heavy atom. The minimum Gasteiger partial charge on any atom is -0.477 e. The summed E-state index contributed by atoms with van der Waals surface area (Å²) in [6.45, 7) is 0. The predicted octanol–water partition coefficient (Wildman–Crippen LogP) is 1.87. The molecule has 0 spiro atoms. The minimum atomic E-state index is -0.872. The van der Waals surface area contributed by atoms with Crippen LogP contribution >= 0.6 is 23.1 Å². The number of carbonyl (C=O) groups is 1. The van der Waals surface area contributed by atoms with Gasteiger partial charge in [0, 0.05) is 12.8 Å². The molecule has 16 heavy (non-hydrogen) atoms. The number of nitrogens with zero attached hydrogens (tertiary/aromatic N) is 3. The van der Waals surface area contributed by atoms with Gasteiger partial charge in [-0.25, -0.2) is 4.79 Å². The maximum Gasteiger partial charge on any atom is 0.346 e. The second kappa shape index (κ2) is 4.67. The van der Waals surface area contributed by atoms with E-state index in [0.29, 0.717) is 10.6 Å². The fraction of sp³-hybridized carbons (Fsp3) is 0.222. The molecule has 2 heterocycles. The Hall–Kier alpha value is -1.34. The van der Waals surface area contributed by atoms with E-state index < -0.39 is 5.97 Å². The molecule has 1 N–H and O–H groups in total. The number of hydrogen-bond acceptors (Lipinski definition) is 5. The first-order valence-electron chi connectivity index (χ1n) is 4.45. The van der Waals surface area contributed by atoms with Crippen LogP contribution in [0.1, 0.15) is 15.2 Å². The monoisotopic (exact) mass is 255 g/mol. The Labute approximate surface area is 100 Å². The average molecular weight is 255 g/mol. The number of thiophene rings is 1. The Kier molecular flexibility index (Phi) is 3.25. The van der Waals surface area contributed by atoms with Gasteiger partial charge in [-0.1, -0.05) is 11.8 Å². The fourth-order valence-electron chi connectivity index (χ4n) is 1.18. The van der Waals surface area contributed by atoms with Gasteiger partial charge in [0.25, 0.3) is 0 Å². The van der Waals surface area contributed by atoms with Gasteiger partial charge in [0.1, 0.15) is 11.2 Å². The van der Waals surface area contributed by atoms with Crippen LogP contribution < -0.4 is 0 Å². The molecule has 7 heteroatoms. The predicted molar refractivity (Wildman–Crippen MR) is 61.8 cm³/mol. The van der Waals surface area contributed by atoms with E-state index in [9.17, 15) is 4.79 Å². The van der Waals surface area contributed by atoms with Gasteiger partial charge in [-0.05, 0) is 17.0 Å². The topological polar surface area (TPSA) is 68.0 Å². The van der Waals surface area contributed by atoms with Crippen molar-refractivity contribution in [3.05, 3.63) is 28.2 Å². The molecule has 2 aromatic rings. The molecule has 2 aromatic heterocycles. The summed E-state index contributed by atoms with van der Waals surface area (Å²) in [5, 5.41) is 19.2. The van der Waals surface area contributed by atoms with Crippen molar-refractivity contribution in [1.29, 1.82) is 0 Å². The van der Waals surface area contributed by atoms with E-state index in [4.69, 9.17) is 5.11 Å². The highest BCUT2D eigenvalue weighted by Crippen LogP contribution is 2.25. The highest BCUT2D eigenvalue weighted by atomic mass is 32.2. The number of carboxylic acids is 1. The van der Waals surface area contributed by atoms with E-state index in [-0.39, 0.29) is 0 Å². The second-order valence-electron chi connectivity index (χ2n) is 3.09. The van der Waals surface area contributed by atoms with E-state index in [2.05, 4.69) is 10.2 Å². The fourth-order valence-corrected chi connectivity index (χ4v) is 2.92. The Morgan fingerprint density at radius 1 is 1.69 bits per heavy atom. The Bertz CT molecular complexity index is 506. The lowest BCUT2D eigenvalue weighted by molar-refractivity contribution is 0.0701. The third-order valence-electron chi connectivity index (χ3n) is 1.97. The Morgan fingerprint density at radius 3 is 3.12 bits per heavy atom. The molecule has 0 unspecified atom stereocenters. The lowest BCUT2D eigenvalue weighted by Crippen LogP contribution is -1.97. The molecule has 2 rings (SSSR count). The van der Waals surface area contributed by atoms with Crippen molar-refractivity contribution < 1.29 is 9.90 Å². The number of aromatic carboxylic acids is 1. The van der Waals surface area contributed by atoms with E-state index in [1.54, 1.807) is 16.3 Å². The molecule has 5 nitrogen and oxygen atoms in total. The van der Waals surface area contributed by atoms with Crippen LogP contribution in [0.3, 0.4) is 0 Å². The van der Waals surface area contributed by atoms with Gasteiger partial charge in [-0.2, -0.15) is 0 Å². The van der Waals surface area contributed by atoms with E-state index >= 15 is 0 Å². The smallest absolute Gasteiger partial charge is 0.346 e. The van der Waals surface area contributed by atoms with E-state index in [0.717, 1.165) is 10.7 Å². The van der Waals surface area contributed by atoms with Crippen LogP contribution in [0.15, 0.2) is 22.9 Å². The summed E-state index contributed by atoms with van der Waals surface area (Å²) in [7, 11) is 1.86. The zero-order valence-corrected chi connectivity index (χ0v) is 10.1. The van der Waals surface area contributed by atoms with Crippen molar-refractivity contribution in [3.63, 3.8) is 0 Å². The van der Waals surface area contributed by atoms with Crippen LogP contribution in [0.2, 0.25) is 0 Å². The normalized spacial score (nSPS) is 10.6. The second-order valence-corrected chi connectivity index (χ2v) is 4.95. The zero-order valence-electron chi connectivity index (χ0n) is 8.45. The van der Waals surface area contributed by atoms with Gasteiger partial charge in [0.15, 0.2) is 5.16 Å².